The molecule has 9 heteroatoms. The number of nitrogens with zero attached hydrogens (tertiary/aromatic N) is 2. The molecule has 1 heterocycles. The molecule has 0 aliphatic rings. The average molecular weight is 272 g/mol. The summed E-state index contributed by atoms with van der Waals surface area (Å²) in [6.45, 7) is 1.86. The van der Waals surface area contributed by atoms with E-state index in [4.69, 9.17) is 14.4 Å². The number of carbonyl (C=O) groups excluding carboxylic acids is 1. The van der Waals surface area contributed by atoms with Crippen LogP contribution in [0.4, 0.5) is 4.79 Å². The van der Waals surface area contributed by atoms with Gasteiger partial charge in [-0.05, 0) is 6.92 Å². The number of rotatable bonds is 7. The van der Waals surface area contributed by atoms with Gasteiger partial charge in [-0.25, -0.2) is 4.79 Å². The first-order chi connectivity index (χ1) is 9.01. The zero-order valence-corrected chi connectivity index (χ0v) is 10.7. The number of aryl methyl sites for hydroxylation is 1. The van der Waals surface area contributed by atoms with Gasteiger partial charge in [0.15, 0.2) is 5.82 Å². The first-order valence-electron chi connectivity index (χ1n) is 5.56. The Morgan fingerprint density at radius 3 is 2.74 bits per heavy atom. The summed E-state index contributed by atoms with van der Waals surface area (Å²) in [6, 6.07) is -0.469. The molecule has 0 fully saturated rings. The van der Waals surface area contributed by atoms with E-state index in [1.54, 1.807) is 6.92 Å². The lowest BCUT2D eigenvalue weighted by molar-refractivity contribution is -0.139. The number of hydrogen-bond acceptors (Lipinski definition) is 6. The average Bonchev–Trinajstić information content (AvgIpc) is 2.77. The molecule has 0 aliphatic heterocycles. The Kier molecular flexibility index (Phi) is 5.73. The molecule has 0 aromatic carbocycles. The number of urea groups is 1. The topological polar surface area (TPSA) is 127 Å². The van der Waals surface area contributed by atoms with E-state index in [0.717, 1.165) is 0 Å². The third-order valence-electron chi connectivity index (χ3n) is 2.20. The zero-order valence-electron chi connectivity index (χ0n) is 10.7. The molecule has 1 unspecified atom stereocenters. The highest BCUT2D eigenvalue weighted by molar-refractivity contribution is 5.74. The molecule has 1 rings (SSSR count). The monoisotopic (exact) mass is 272 g/mol. The van der Waals surface area contributed by atoms with Gasteiger partial charge in [-0.1, -0.05) is 5.16 Å². The van der Waals surface area contributed by atoms with Crippen LogP contribution in [0.3, 0.4) is 0 Å². The molecule has 0 saturated heterocycles. The summed E-state index contributed by atoms with van der Waals surface area (Å²) < 4.78 is 9.72. The molecule has 1 atom stereocenters. The second-order valence-corrected chi connectivity index (χ2v) is 3.75. The second-order valence-electron chi connectivity index (χ2n) is 3.75. The first-order valence-corrected chi connectivity index (χ1v) is 5.56. The summed E-state index contributed by atoms with van der Waals surface area (Å²) in [5.74, 6) is -0.213. The Balaban J connectivity index is 2.25. The van der Waals surface area contributed by atoms with Crippen molar-refractivity contribution < 1.29 is 24.0 Å². The second kappa shape index (κ2) is 7.31. The summed E-state index contributed by atoms with van der Waals surface area (Å²) in [5.41, 5.74) is 0. The number of nitrogens with one attached hydrogen (secondary N) is 2. The van der Waals surface area contributed by atoms with Gasteiger partial charge in [0.25, 0.3) is 0 Å². The van der Waals surface area contributed by atoms with Gasteiger partial charge >= 0.3 is 12.0 Å². The predicted octanol–water partition coefficient (Wildman–Crippen LogP) is -0.333. The number of amides is 2. The molecule has 19 heavy (non-hydrogen) atoms. The van der Waals surface area contributed by atoms with Gasteiger partial charge in [-0.2, -0.15) is 4.98 Å². The molecular formula is C10H16N4O5. The van der Waals surface area contributed by atoms with Gasteiger partial charge in [0.05, 0.1) is 19.1 Å². The molecule has 0 aliphatic carbocycles. The quantitative estimate of drug-likeness (QED) is 0.620. The maximum atomic E-state index is 11.4. The maximum Gasteiger partial charge on any atom is 0.315 e. The molecule has 0 saturated carbocycles. The number of carboxylic acids is 1. The number of carbonyl (C=O) groups is 2. The molecule has 9 nitrogen and oxygen atoms in total. The van der Waals surface area contributed by atoms with Crippen molar-refractivity contribution in [1.82, 2.24) is 20.8 Å². The van der Waals surface area contributed by atoms with Gasteiger partial charge in [0, 0.05) is 13.7 Å². The lowest BCUT2D eigenvalue weighted by Gasteiger charge is -2.13. The largest absolute Gasteiger partial charge is 0.481 e. The first kappa shape index (κ1) is 14.9. The van der Waals surface area contributed by atoms with E-state index < -0.39 is 18.1 Å². The Morgan fingerprint density at radius 2 is 2.21 bits per heavy atom. The highest BCUT2D eigenvalue weighted by Crippen LogP contribution is 1.96. The van der Waals surface area contributed by atoms with E-state index in [1.165, 1.54) is 7.11 Å². The minimum Gasteiger partial charge on any atom is -0.481 e. The van der Waals surface area contributed by atoms with Crippen LogP contribution in [0.2, 0.25) is 0 Å². The minimum absolute atomic E-state index is 0.0947. The lowest BCUT2D eigenvalue weighted by atomic mass is 10.2. The van der Waals surface area contributed by atoms with Crippen LogP contribution in [0.5, 0.6) is 0 Å². The van der Waals surface area contributed by atoms with Crippen molar-refractivity contribution in [2.24, 2.45) is 0 Å². The number of aliphatic carboxylic acids is 1. The van der Waals surface area contributed by atoms with Gasteiger partial charge in [-0.15, -0.1) is 0 Å². The fourth-order valence-electron chi connectivity index (χ4n) is 1.27. The van der Waals surface area contributed by atoms with Crippen LogP contribution in [0.25, 0.3) is 0 Å². The number of hydrogen-bond donors (Lipinski definition) is 3. The maximum absolute atomic E-state index is 11.4. The molecule has 0 radical (unpaired) electrons. The third kappa shape index (κ3) is 5.82. The SMILES string of the molecule is COC(CNC(=O)NCc1nc(C)no1)CC(=O)O. The van der Waals surface area contributed by atoms with E-state index >= 15 is 0 Å². The van der Waals surface area contributed by atoms with Crippen molar-refractivity contribution in [3.8, 4) is 0 Å². The molecule has 2 amide bonds. The van der Waals surface area contributed by atoms with Crippen LogP contribution in [0, 0.1) is 6.92 Å². The van der Waals surface area contributed by atoms with E-state index in [0.29, 0.717) is 11.7 Å². The summed E-state index contributed by atoms with van der Waals surface area (Å²) in [5, 5.41) is 17.2. The minimum atomic E-state index is -0.990. The van der Waals surface area contributed by atoms with Gasteiger partial charge < -0.3 is 25.0 Å². The Labute approximate surface area is 109 Å². The van der Waals surface area contributed by atoms with Gasteiger partial charge in [0.2, 0.25) is 5.89 Å². The summed E-state index contributed by atoms with van der Waals surface area (Å²) in [7, 11) is 1.38. The van der Waals surface area contributed by atoms with E-state index in [1.807, 2.05) is 0 Å². The third-order valence-corrected chi connectivity index (χ3v) is 2.20. The molecule has 0 bridgehead atoms. The summed E-state index contributed by atoms with van der Waals surface area (Å²) in [4.78, 5) is 25.8. The van der Waals surface area contributed by atoms with Crippen molar-refractivity contribution in [1.29, 1.82) is 0 Å². The van der Waals surface area contributed by atoms with Crippen molar-refractivity contribution in [3.63, 3.8) is 0 Å². The van der Waals surface area contributed by atoms with Crippen LogP contribution >= 0.6 is 0 Å². The van der Waals surface area contributed by atoms with E-state index in [9.17, 15) is 9.59 Å². The number of methoxy groups -OCH3 is 1. The fourth-order valence-corrected chi connectivity index (χ4v) is 1.27. The molecule has 106 valence electrons. The molecular weight excluding hydrogens is 256 g/mol. The van der Waals surface area contributed by atoms with Crippen molar-refractivity contribution in [3.05, 3.63) is 11.7 Å². The predicted molar refractivity (Wildman–Crippen MR) is 62.3 cm³/mol. The zero-order chi connectivity index (χ0) is 14.3. The van der Waals surface area contributed by atoms with Crippen LogP contribution < -0.4 is 10.6 Å². The smallest absolute Gasteiger partial charge is 0.315 e. The van der Waals surface area contributed by atoms with Crippen molar-refractivity contribution in [2.75, 3.05) is 13.7 Å². The summed E-state index contributed by atoms with van der Waals surface area (Å²) >= 11 is 0. The molecule has 0 spiro atoms. The van der Waals surface area contributed by atoms with Crippen molar-refractivity contribution >= 4 is 12.0 Å². The number of aromatic nitrogens is 2. The Bertz CT molecular complexity index is 433. The van der Waals surface area contributed by atoms with Crippen LogP contribution in [0.1, 0.15) is 18.1 Å². The van der Waals surface area contributed by atoms with Crippen LogP contribution in [-0.4, -0.2) is 47.0 Å². The Morgan fingerprint density at radius 1 is 1.47 bits per heavy atom. The van der Waals surface area contributed by atoms with Crippen LogP contribution in [0.15, 0.2) is 4.52 Å². The number of carboxylic acid groups (broad SMARTS) is 1. The summed E-state index contributed by atoms with van der Waals surface area (Å²) in [6.07, 6.45) is -0.756. The van der Waals surface area contributed by atoms with E-state index in [-0.39, 0.29) is 19.5 Å². The van der Waals surface area contributed by atoms with Gasteiger partial charge in [0.1, 0.15) is 0 Å². The van der Waals surface area contributed by atoms with E-state index in [2.05, 4.69) is 20.8 Å². The van der Waals surface area contributed by atoms with Crippen molar-refractivity contribution in [2.45, 2.75) is 26.0 Å². The fraction of sp³-hybridized carbons (Fsp3) is 0.600. The lowest BCUT2D eigenvalue weighted by Crippen LogP contribution is -2.40. The highest BCUT2D eigenvalue weighted by atomic mass is 16.5. The van der Waals surface area contributed by atoms with Crippen LogP contribution in [-0.2, 0) is 16.1 Å². The highest BCUT2D eigenvalue weighted by Gasteiger charge is 2.13. The molecule has 1 aromatic rings. The standard InChI is InChI=1S/C10H16N4O5/c1-6-13-8(19-14-6)5-12-10(17)11-4-7(18-2)3-9(15)16/h7H,3-5H2,1-2H3,(H,15,16)(H2,11,12,17). The molecule has 1 aromatic heterocycles. The molecule has 3 N–H and O–H groups in total. The van der Waals surface area contributed by atoms with Gasteiger partial charge in [-0.3, -0.25) is 4.79 Å². The normalized spacial score (nSPS) is 11.9. The Hall–Kier alpha value is -2.16. The number of ether oxygens (including phenoxy) is 1.